The van der Waals surface area contributed by atoms with Crippen molar-refractivity contribution in [3.05, 3.63) is 59.7 Å². The van der Waals surface area contributed by atoms with Crippen LogP contribution in [0, 0.1) is 0 Å². The van der Waals surface area contributed by atoms with Gasteiger partial charge in [-0.25, -0.2) is 9.80 Å². The van der Waals surface area contributed by atoms with E-state index in [0.717, 1.165) is 11.1 Å². The lowest BCUT2D eigenvalue weighted by Gasteiger charge is -2.33. The van der Waals surface area contributed by atoms with Gasteiger partial charge in [0, 0.05) is 25.2 Å². The average molecular weight is 299 g/mol. The Morgan fingerprint density at radius 3 is 2.05 bits per heavy atom. The van der Waals surface area contributed by atoms with Crippen molar-refractivity contribution in [2.24, 2.45) is 0 Å². The van der Waals surface area contributed by atoms with Gasteiger partial charge in [-0.1, -0.05) is 36.4 Å². The number of urea groups is 1. The number of rotatable bonds is 2. The maximum Gasteiger partial charge on any atom is 0.356 e. The van der Waals surface area contributed by atoms with Crippen molar-refractivity contribution in [3.8, 4) is 11.5 Å². The van der Waals surface area contributed by atoms with Crippen molar-refractivity contribution in [2.75, 3.05) is 14.1 Å². The zero-order chi connectivity index (χ0) is 15.7. The molecule has 0 saturated heterocycles. The van der Waals surface area contributed by atoms with E-state index in [1.54, 1.807) is 14.1 Å². The zero-order valence-corrected chi connectivity index (χ0v) is 12.4. The molecule has 2 aromatic carbocycles. The largest absolute Gasteiger partial charge is 0.457 e. The van der Waals surface area contributed by atoms with Crippen molar-refractivity contribution in [1.29, 1.82) is 0 Å². The summed E-state index contributed by atoms with van der Waals surface area (Å²) in [5, 5.41) is 12.6. The third-order valence-electron chi connectivity index (χ3n) is 3.42. The van der Waals surface area contributed by atoms with Crippen LogP contribution in [0.4, 0.5) is 4.79 Å². The molecule has 0 saturated carbocycles. The molecule has 1 aliphatic rings. The molecule has 0 aromatic heterocycles. The fourth-order valence-corrected chi connectivity index (χ4v) is 2.51. The highest BCUT2D eigenvalue weighted by molar-refractivity contribution is 5.74. The summed E-state index contributed by atoms with van der Waals surface area (Å²) in [5.41, 5.74) is 4.00. The number of benzene rings is 2. The minimum Gasteiger partial charge on any atom is -0.457 e. The molecular formula is C16H17N3O3. The first kappa shape index (κ1) is 14.4. The number of nitrogens with zero attached hydrogens (tertiary/aromatic N) is 2. The van der Waals surface area contributed by atoms with Gasteiger partial charge in [-0.3, -0.25) is 10.6 Å². The summed E-state index contributed by atoms with van der Waals surface area (Å²) in [6.45, 7) is 0. The van der Waals surface area contributed by atoms with Gasteiger partial charge in [0.15, 0.2) is 0 Å². The highest BCUT2D eigenvalue weighted by Gasteiger charge is 2.34. The van der Waals surface area contributed by atoms with E-state index in [1.165, 1.54) is 5.01 Å². The van der Waals surface area contributed by atoms with Crippen molar-refractivity contribution < 1.29 is 14.7 Å². The summed E-state index contributed by atoms with van der Waals surface area (Å²) in [5.74, 6) is 1.26. The van der Waals surface area contributed by atoms with Gasteiger partial charge >= 0.3 is 6.03 Å². The van der Waals surface area contributed by atoms with Crippen LogP contribution < -0.4 is 10.2 Å². The van der Waals surface area contributed by atoms with Gasteiger partial charge < -0.3 is 4.74 Å². The Labute approximate surface area is 128 Å². The molecule has 0 spiro atoms. The molecular weight excluding hydrogens is 282 g/mol. The Morgan fingerprint density at radius 1 is 1.05 bits per heavy atom. The number of hydroxylamine groups is 2. The molecule has 6 heteroatoms. The second-order valence-electron chi connectivity index (χ2n) is 5.24. The van der Waals surface area contributed by atoms with Crippen molar-refractivity contribution in [1.82, 2.24) is 15.5 Å². The zero-order valence-electron chi connectivity index (χ0n) is 12.4. The molecule has 0 fully saturated rings. The molecule has 0 atom stereocenters. The van der Waals surface area contributed by atoms with Gasteiger partial charge in [0.2, 0.25) is 0 Å². The standard InChI is InChI=1S/C16H17N3O3/c1-18(2)17-16(20)19(21)15-11-7-3-5-9-13(11)22-14-10-6-4-8-12(14)15/h3-10,15,21H,1-2H3,(H,17,20). The van der Waals surface area contributed by atoms with Crippen LogP contribution in [0.3, 0.4) is 0 Å². The van der Waals surface area contributed by atoms with E-state index >= 15 is 0 Å². The lowest BCUT2D eigenvalue weighted by atomic mass is 9.94. The number of hydrazine groups is 1. The first-order valence-electron chi connectivity index (χ1n) is 6.89. The molecule has 3 rings (SSSR count). The number of ether oxygens (including phenoxy) is 1. The van der Waals surface area contributed by atoms with Gasteiger partial charge in [0.25, 0.3) is 0 Å². The molecule has 0 unspecified atom stereocenters. The first-order valence-corrected chi connectivity index (χ1v) is 6.89. The molecule has 2 amide bonds. The summed E-state index contributed by atoms with van der Waals surface area (Å²) in [4.78, 5) is 12.2. The Hall–Kier alpha value is -2.57. The van der Waals surface area contributed by atoms with Crippen LogP contribution >= 0.6 is 0 Å². The fourth-order valence-electron chi connectivity index (χ4n) is 2.51. The molecule has 6 nitrogen and oxygen atoms in total. The number of fused-ring (bicyclic) bond motifs is 2. The highest BCUT2D eigenvalue weighted by atomic mass is 16.5. The minimum absolute atomic E-state index is 0.610. The Balaban J connectivity index is 2.04. The predicted molar refractivity (Wildman–Crippen MR) is 80.6 cm³/mol. The lowest BCUT2D eigenvalue weighted by Crippen LogP contribution is -2.46. The fraction of sp³-hybridized carbons (Fsp3) is 0.188. The third-order valence-corrected chi connectivity index (χ3v) is 3.42. The molecule has 22 heavy (non-hydrogen) atoms. The number of hydrogen-bond donors (Lipinski definition) is 2. The number of hydrogen-bond acceptors (Lipinski definition) is 4. The highest BCUT2D eigenvalue weighted by Crippen LogP contribution is 2.44. The summed E-state index contributed by atoms with van der Waals surface area (Å²) < 4.78 is 5.84. The number of para-hydroxylation sites is 2. The maximum atomic E-state index is 12.2. The van der Waals surface area contributed by atoms with E-state index < -0.39 is 12.1 Å². The predicted octanol–water partition coefficient (Wildman–Crippen LogP) is 2.76. The third kappa shape index (κ3) is 2.49. The second kappa shape index (κ2) is 5.67. The Morgan fingerprint density at radius 2 is 1.55 bits per heavy atom. The van der Waals surface area contributed by atoms with E-state index in [-0.39, 0.29) is 0 Å². The monoisotopic (exact) mass is 299 g/mol. The van der Waals surface area contributed by atoms with E-state index in [1.807, 2.05) is 48.5 Å². The molecule has 2 N–H and O–H groups in total. The minimum atomic E-state index is -0.624. The van der Waals surface area contributed by atoms with E-state index in [0.29, 0.717) is 16.6 Å². The van der Waals surface area contributed by atoms with Crippen LogP contribution in [-0.4, -0.2) is 35.4 Å². The van der Waals surface area contributed by atoms with Crippen molar-refractivity contribution in [3.63, 3.8) is 0 Å². The smallest absolute Gasteiger partial charge is 0.356 e. The molecule has 0 bridgehead atoms. The molecule has 114 valence electrons. The van der Waals surface area contributed by atoms with E-state index in [4.69, 9.17) is 4.74 Å². The topological polar surface area (TPSA) is 65.0 Å². The quantitative estimate of drug-likeness (QED) is 0.661. The molecule has 0 radical (unpaired) electrons. The van der Waals surface area contributed by atoms with Gasteiger partial charge in [0.1, 0.15) is 17.5 Å². The number of carbonyl (C=O) groups is 1. The summed E-state index contributed by atoms with van der Waals surface area (Å²) in [7, 11) is 3.36. The lowest BCUT2D eigenvalue weighted by molar-refractivity contribution is -0.0746. The van der Waals surface area contributed by atoms with Gasteiger partial charge in [-0.05, 0) is 12.1 Å². The van der Waals surface area contributed by atoms with Crippen LogP contribution in [0.5, 0.6) is 11.5 Å². The molecule has 2 aromatic rings. The van der Waals surface area contributed by atoms with Crippen LogP contribution in [-0.2, 0) is 0 Å². The molecule has 0 aliphatic carbocycles. The summed E-state index contributed by atoms with van der Waals surface area (Å²) in [6, 6.07) is 13.5. The average Bonchev–Trinajstić information content (AvgIpc) is 2.51. The van der Waals surface area contributed by atoms with Gasteiger partial charge in [0.05, 0.1) is 0 Å². The van der Waals surface area contributed by atoms with E-state index in [9.17, 15) is 10.0 Å². The van der Waals surface area contributed by atoms with Gasteiger partial charge in [-0.15, -0.1) is 0 Å². The second-order valence-corrected chi connectivity index (χ2v) is 5.24. The Bertz CT molecular complexity index is 657. The van der Waals surface area contributed by atoms with Gasteiger partial charge in [-0.2, -0.15) is 5.06 Å². The molecule has 1 aliphatic heterocycles. The number of carbonyl (C=O) groups excluding carboxylic acids is 1. The van der Waals surface area contributed by atoms with Crippen LogP contribution in [0.15, 0.2) is 48.5 Å². The maximum absolute atomic E-state index is 12.2. The SMILES string of the molecule is CN(C)NC(=O)N(O)C1c2ccccc2Oc2ccccc21. The summed E-state index contributed by atoms with van der Waals surface area (Å²) >= 11 is 0. The molecule has 1 heterocycles. The Kier molecular flexibility index (Phi) is 3.70. The van der Waals surface area contributed by atoms with Crippen molar-refractivity contribution in [2.45, 2.75) is 6.04 Å². The van der Waals surface area contributed by atoms with E-state index in [2.05, 4.69) is 5.43 Å². The normalized spacial score (nSPS) is 13.1. The van der Waals surface area contributed by atoms with Crippen LogP contribution in [0.1, 0.15) is 17.2 Å². The number of nitrogens with one attached hydrogen (secondary N) is 1. The van der Waals surface area contributed by atoms with Crippen LogP contribution in [0.25, 0.3) is 0 Å². The first-order chi connectivity index (χ1) is 10.6. The number of amides is 2. The van der Waals surface area contributed by atoms with Crippen LogP contribution in [0.2, 0.25) is 0 Å². The van der Waals surface area contributed by atoms with Crippen molar-refractivity contribution >= 4 is 6.03 Å². The summed E-state index contributed by atoms with van der Waals surface area (Å²) in [6.07, 6.45) is 0.